The van der Waals surface area contributed by atoms with Crippen LogP contribution in [0.2, 0.25) is 0 Å². The highest BCUT2D eigenvalue weighted by atomic mass is 32.1. The van der Waals surface area contributed by atoms with Crippen molar-refractivity contribution >= 4 is 85.6 Å². The van der Waals surface area contributed by atoms with Gasteiger partial charge in [0.25, 0.3) is 0 Å². The van der Waals surface area contributed by atoms with Crippen LogP contribution in [0.15, 0.2) is 164 Å². The first-order chi connectivity index (χ1) is 23.8. The monoisotopic (exact) mass is 625 g/mol. The lowest BCUT2D eigenvalue weighted by Gasteiger charge is -2.17. The van der Waals surface area contributed by atoms with Crippen LogP contribution in [-0.4, -0.2) is 4.57 Å². The average molecular weight is 626 g/mol. The van der Waals surface area contributed by atoms with Gasteiger partial charge in [-0.15, -0.1) is 11.3 Å². The van der Waals surface area contributed by atoms with E-state index in [1.54, 1.807) is 0 Å². The zero-order valence-electron chi connectivity index (χ0n) is 25.9. The summed E-state index contributed by atoms with van der Waals surface area (Å²) in [7, 11) is 0. The molecule has 2 aromatic heterocycles. The van der Waals surface area contributed by atoms with E-state index in [-0.39, 0.29) is 0 Å². The van der Waals surface area contributed by atoms with E-state index < -0.39 is 0 Å². The van der Waals surface area contributed by atoms with Gasteiger partial charge in [0.05, 0.1) is 11.0 Å². The van der Waals surface area contributed by atoms with Crippen LogP contribution < -0.4 is 0 Å². The molecule has 0 spiro atoms. The lowest BCUT2D eigenvalue weighted by Crippen LogP contribution is -1.93. The topological polar surface area (TPSA) is 4.93 Å². The highest BCUT2D eigenvalue weighted by molar-refractivity contribution is 7.26. The second kappa shape index (κ2) is 9.78. The molecule has 0 fully saturated rings. The summed E-state index contributed by atoms with van der Waals surface area (Å²) in [4.78, 5) is 0. The van der Waals surface area contributed by atoms with Gasteiger partial charge in [-0.3, -0.25) is 0 Å². The van der Waals surface area contributed by atoms with Crippen LogP contribution in [0, 0.1) is 0 Å². The minimum absolute atomic E-state index is 1.18. The van der Waals surface area contributed by atoms with Gasteiger partial charge in [0.15, 0.2) is 0 Å². The lowest BCUT2D eigenvalue weighted by molar-refractivity contribution is 1.18. The Morgan fingerprint density at radius 1 is 0.354 bits per heavy atom. The molecule has 1 nitrogen and oxygen atoms in total. The summed E-state index contributed by atoms with van der Waals surface area (Å²) in [6, 6.07) is 60.6. The quantitative estimate of drug-likeness (QED) is 0.172. The first-order valence-electron chi connectivity index (χ1n) is 16.5. The highest BCUT2D eigenvalue weighted by Gasteiger charge is 2.20. The van der Waals surface area contributed by atoms with Gasteiger partial charge < -0.3 is 4.57 Å². The lowest BCUT2D eigenvalue weighted by atomic mass is 9.87. The Kier molecular flexibility index (Phi) is 5.32. The molecule has 0 bridgehead atoms. The van der Waals surface area contributed by atoms with Gasteiger partial charge in [-0.2, -0.15) is 0 Å². The molecule has 0 aliphatic carbocycles. The van der Waals surface area contributed by atoms with E-state index in [1.807, 2.05) is 11.3 Å². The Balaban J connectivity index is 1.22. The summed E-state index contributed by atoms with van der Waals surface area (Å²) in [5.41, 5.74) is 8.68. The maximum atomic E-state index is 2.46. The summed E-state index contributed by atoms with van der Waals surface area (Å²) >= 11 is 1.89. The summed E-state index contributed by atoms with van der Waals surface area (Å²) in [5, 5.41) is 13.2. The van der Waals surface area contributed by atoms with Gasteiger partial charge in [0.2, 0.25) is 0 Å². The van der Waals surface area contributed by atoms with Crippen molar-refractivity contribution in [1.29, 1.82) is 0 Å². The summed E-state index contributed by atoms with van der Waals surface area (Å²) < 4.78 is 5.13. The van der Waals surface area contributed by atoms with Crippen molar-refractivity contribution in [3.63, 3.8) is 0 Å². The van der Waals surface area contributed by atoms with Crippen molar-refractivity contribution in [3.8, 4) is 27.9 Å². The molecule has 0 N–H and O–H groups in total. The van der Waals surface area contributed by atoms with Crippen LogP contribution in [0.25, 0.3) is 102 Å². The number of benzene rings is 9. The van der Waals surface area contributed by atoms with Crippen molar-refractivity contribution in [3.05, 3.63) is 164 Å². The zero-order valence-corrected chi connectivity index (χ0v) is 26.8. The van der Waals surface area contributed by atoms with Crippen LogP contribution >= 0.6 is 11.3 Å². The van der Waals surface area contributed by atoms with Crippen LogP contribution in [0.3, 0.4) is 0 Å². The number of aromatic nitrogens is 1. The number of nitrogens with zero attached hydrogens (tertiary/aromatic N) is 1. The minimum atomic E-state index is 1.18. The summed E-state index contributed by atoms with van der Waals surface area (Å²) in [6.07, 6.45) is 0. The van der Waals surface area contributed by atoms with Crippen LogP contribution in [0.5, 0.6) is 0 Å². The molecular weight excluding hydrogens is 599 g/mol. The van der Waals surface area contributed by atoms with Crippen LogP contribution in [-0.2, 0) is 0 Å². The molecule has 0 atom stereocenters. The Morgan fingerprint density at radius 3 is 1.73 bits per heavy atom. The van der Waals surface area contributed by atoms with Gasteiger partial charge in [-0.1, -0.05) is 127 Å². The highest BCUT2D eigenvalue weighted by Crippen LogP contribution is 2.46. The Hall–Kier alpha value is -5.96. The molecule has 0 aliphatic heterocycles. The Bertz CT molecular complexity index is 3040. The predicted molar refractivity (Wildman–Crippen MR) is 208 cm³/mol. The maximum absolute atomic E-state index is 2.46. The van der Waals surface area contributed by atoms with Gasteiger partial charge in [0, 0.05) is 36.6 Å². The largest absolute Gasteiger partial charge is 0.309 e. The molecule has 0 amide bonds. The van der Waals surface area contributed by atoms with Gasteiger partial charge in [0.1, 0.15) is 0 Å². The zero-order chi connectivity index (χ0) is 31.3. The molecule has 2 heterocycles. The van der Waals surface area contributed by atoms with Crippen molar-refractivity contribution < 1.29 is 0 Å². The van der Waals surface area contributed by atoms with Gasteiger partial charge >= 0.3 is 0 Å². The molecular formula is C46H27NS. The van der Waals surface area contributed by atoms with E-state index >= 15 is 0 Å². The fourth-order valence-corrected chi connectivity index (χ4v) is 9.38. The first kappa shape index (κ1) is 26.1. The molecule has 0 saturated heterocycles. The number of para-hydroxylation sites is 1. The molecule has 2 heteroatoms. The standard InChI is InChI=1S/C46H27NS/c1-3-9-28(10-4-1)33-20-15-29-18-23-36-34(21-16-30-17-22-35(33)43(29)44(30)36)31-19-24-37-40(27-31)47(32-11-5-2-6-12-32)39-25-26-42-46(45(37)39)38-13-7-8-14-41(38)48-42/h1-27H. The first-order valence-corrected chi connectivity index (χ1v) is 17.3. The number of thiophene rings is 1. The molecule has 0 saturated carbocycles. The van der Waals surface area contributed by atoms with E-state index in [0.29, 0.717) is 0 Å². The minimum Gasteiger partial charge on any atom is -0.309 e. The summed E-state index contributed by atoms with van der Waals surface area (Å²) in [5.74, 6) is 0. The second-order valence-corrected chi connectivity index (χ2v) is 13.9. The molecule has 0 radical (unpaired) electrons. The Labute approximate surface area is 280 Å². The van der Waals surface area contributed by atoms with Gasteiger partial charge in [-0.25, -0.2) is 0 Å². The molecule has 0 unspecified atom stereocenters. The van der Waals surface area contributed by atoms with Crippen molar-refractivity contribution in [1.82, 2.24) is 4.57 Å². The third kappa shape index (κ3) is 3.55. The average Bonchev–Trinajstić information content (AvgIpc) is 3.69. The fourth-order valence-electron chi connectivity index (χ4n) is 8.27. The normalized spacial score (nSPS) is 12.2. The van der Waals surface area contributed by atoms with E-state index in [1.165, 1.54) is 102 Å². The SMILES string of the molecule is c1ccc(-c2ccc3ccc4c(-c5ccc6c7c8c(ccc7n(-c7ccccc7)c6c5)sc5ccccc58)ccc5ccc2c3c54)cc1. The van der Waals surface area contributed by atoms with Gasteiger partial charge in [-0.05, 0) is 91.0 Å². The van der Waals surface area contributed by atoms with E-state index in [4.69, 9.17) is 0 Å². The van der Waals surface area contributed by atoms with E-state index in [0.717, 1.165) is 0 Å². The second-order valence-electron chi connectivity index (χ2n) is 12.8. The van der Waals surface area contributed by atoms with Crippen molar-refractivity contribution in [2.75, 3.05) is 0 Å². The number of fused-ring (bicyclic) bond motifs is 7. The number of hydrogen-bond donors (Lipinski definition) is 0. The molecule has 11 aromatic rings. The molecule has 9 aromatic carbocycles. The van der Waals surface area contributed by atoms with Crippen LogP contribution in [0.1, 0.15) is 0 Å². The fraction of sp³-hybridized carbons (Fsp3) is 0. The van der Waals surface area contributed by atoms with Crippen molar-refractivity contribution in [2.45, 2.75) is 0 Å². The molecule has 11 rings (SSSR count). The van der Waals surface area contributed by atoms with Crippen LogP contribution in [0.4, 0.5) is 0 Å². The Morgan fingerprint density at radius 2 is 0.979 bits per heavy atom. The molecule has 222 valence electrons. The third-order valence-electron chi connectivity index (χ3n) is 10.3. The molecule has 0 aliphatic rings. The van der Waals surface area contributed by atoms with Crippen molar-refractivity contribution in [2.24, 2.45) is 0 Å². The predicted octanol–water partition coefficient (Wildman–Crippen LogP) is 13.4. The summed E-state index contributed by atoms with van der Waals surface area (Å²) in [6.45, 7) is 0. The third-order valence-corrected chi connectivity index (χ3v) is 11.5. The van der Waals surface area contributed by atoms with E-state index in [9.17, 15) is 0 Å². The maximum Gasteiger partial charge on any atom is 0.0548 e. The van der Waals surface area contributed by atoms with E-state index in [2.05, 4.69) is 168 Å². The number of rotatable bonds is 3. The smallest absolute Gasteiger partial charge is 0.0548 e. The molecule has 48 heavy (non-hydrogen) atoms. The number of hydrogen-bond acceptors (Lipinski definition) is 1.